The molecule has 0 spiro atoms. The van der Waals surface area contributed by atoms with Crippen LogP contribution in [0.1, 0.15) is 5.69 Å². The predicted octanol–water partition coefficient (Wildman–Crippen LogP) is 1.86. The summed E-state index contributed by atoms with van der Waals surface area (Å²) in [5.74, 6) is 0.828. The summed E-state index contributed by atoms with van der Waals surface area (Å²) in [6.07, 6.45) is 5.44. The van der Waals surface area contributed by atoms with E-state index in [0.29, 0.717) is 6.54 Å². The fraction of sp³-hybridized carbons (Fsp3) is 0.143. The van der Waals surface area contributed by atoms with Crippen LogP contribution in [0.5, 0.6) is 5.75 Å². The lowest BCUT2D eigenvalue weighted by Gasteiger charge is -2.04. The first-order valence-corrected chi connectivity index (χ1v) is 5.98. The predicted molar refractivity (Wildman–Crippen MR) is 72.9 cm³/mol. The van der Waals surface area contributed by atoms with Crippen molar-refractivity contribution >= 4 is 5.65 Å². The summed E-state index contributed by atoms with van der Waals surface area (Å²) in [5, 5.41) is 0. The molecule has 0 atom stereocenters. The van der Waals surface area contributed by atoms with Crippen molar-refractivity contribution < 1.29 is 4.74 Å². The van der Waals surface area contributed by atoms with Gasteiger partial charge in [0.25, 0.3) is 0 Å². The number of ether oxygens (including phenoxy) is 1. The topological polar surface area (TPSA) is 65.4 Å². The van der Waals surface area contributed by atoms with Gasteiger partial charge >= 0.3 is 0 Å². The number of imidazole rings is 1. The third-order valence-corrected chi connectivity index (χ3v) is 3.03. The van der Waals surface area contributed by atoms with Gasteiger partial charge in [-0.15, -0.1) is 0 Å². The Kier molecular flexibility index (Phi) is 2.89. The molecule has 1 aromatic carbocycles. The second kappa shape index (κ2) is 4.70. The average Bonchev–Trinajstić information content (AvgIpc) is 2.90. The van der Waals surface area contributed by atoms with Crippen LogP contribution in [0.2, 0.25) is 0 Å². The molecule has 5 heteroatoms. The zero-order valence-corrected chi connectivity index (χ0v) is 10.6. The molecule has 5 nitrogen and oxygen atoms in total. The number of fused-ring (bicyclic) bond motifs is 1. The van der Waals surface area contributed by atoms with E-state index in [9.17, 15) is 0 Å². The van der Waals surface area contributed by atoms with Gasteiger partial charge in [0.2, 0.25) is 0 Å². The van der Waals surface area contributed by atoms with E-state index in [1.165, 1.54) is 0 Å². The van der Waals surface area contributed by atoms with Crippen molar-refractivity contribution in [3.63, 3.8) is 0 Å². The normalized spacial score (nSPS) is 10.8. The molecule has 0 amide bonds. The summed E-state index contributed by atoms with van der Waals surface area (Å²) < 4.78 is 7.05. The maximum Gasteiger partial charge on any atom is 0.147 e. The molecule has 2 N–H and O–H groups in total. The van der Waals surface area contributed by atoms with Crippen LogP contribution in [0.15, 0.2) is 43.0 Å². The third-order valence-electron chi connectivity index (χ3n) is 3.03. The van der Waals surface area contributed by atoms with E-state index >= 15 is 0 Å². The highest BCUT2D eigenvalue weighted by Crippen LogP contribution is 2.25. The van der Waals surface area contributed by atoms with E-state index < -0.39 is 0 Å². The minimum absolute atomic E-state index is 0.420. The highest BCUT2D eigenvalue weighted by atomic mass is 16.5. The van der Waals surface area contributed by atoms with Crippen molar-refractivity contribution in [1.29, 1.82) is 0 Å². The van der Waals surface area contributed by atoms with Gasteiger partial charge in [0.1, 0.15) is 17.7 Å². The third kappa shape index (κ3) is 2.04. The van der Waals surface area contributed by atoms with Gasteiger partial charge in [-0.05, 0) is 17.7 Å². The summed E-state index contributed by atoms with van der Waals surface area (Å²) in [4.78, 5) is 8.75. The molecule has 19 heavy (non-hydrogen) atoms. The van der Waals surface area contributed by atoms with Crippen molar-refractivity contribution in [2.24, 2.45) is 5.73 Å². The maximum atomic E-state index is 5.63. The van der Waals surface area contributed by atoms with Gasteiger partial charge in [-0.25, -0.2) is 9.97 Å². The van der Waals surface area contributed by atoms with E-state index in [1.807, 2.05) is 41.1 Å². The SMILES string of the molecule is COc1ccc(-c2cncn3cc(CN)nc23)cc1. The number of hydrogen-bond donors (Lipinski definition) is 1. The van der Waals surface area contributed by atoms with Gasteiger partial charge in [0.05, 0.1) is 12.8 Å². The first kappa shape index (κ1) is 11.7. The highest BCUT2D eigenvalue weighted by Gasteiger charge is 2.08. The van der Waals surface area contributed by atoms with E-state index in [2.05, 4.69) is 9.97 Å². The number of nitrogens with zero attached hydrogens (tertiary/aromatic N) is 3. The van der Waals surface area contributed by atoms with Crippen LogP contribution in [0.25, 0.3) is 16.8 Å². The molecule has 0 aliphatic rings. The van der Waals surface area contributed by atoms with Crippen molar-refractivity contribution in [2.75, 3.05) is 7.11 Å². The van der Waals surface area contributed by atoms with Crippen LogP contribution in [0, 0.1) is 0 Å². The minimum atomic E-state index is 0.420. The van der Waals surface area contributed by atoms with Crippen LogP contribution in [-0.2, 0) is 6.54 Å². The first-order valence-electron chi connectivity index (χ1n) is 5.98. The quantitative estimate of drug-likeness (QED) is 0.774. The monoisotopic (exact) mass is 254 g/mol. The second-order valence-electron chi connectivity index (χ2n) is 4.20. The molecule has 0 radical (unpaired) electrons. The van der Waals surface area contributed by atoms with E-state index in [4.69, 9.17) is 10.5 Å². The molecule has 2 heterocycles. The molecule has 0 aliphatic heterocycles. The van der Waals surface area contributed by atoms with Gasteiger partial charge in [-0.2, -0.15) is 0 Å². The van der Waals surface area contributed by atoms with Crippen molar-refractivity contribution in [3.05, 3.63) is 48.7 Å². The highest BCUT2D eigenvalue weighted by molar-refractivity contribution is 5.77. The molecular formula is C14H14N4O. The van der Waals surface area contributed by atoms with Gasteiger partial charge in [-0.3, -0.25) is 4.40 Å². The fourth-order valence-electron chi connectivity index (χ4n) is 2.04. The number of nitrogens with two attached hydrogens (primary N) is 1. The lowest BCUT2D eigenvalue weighted by molar-refractivity contribution is 0.415. The Labute approximate surface area is 110 Å². The van der Waals surface area contributed by atoms with Crippen LogP contribution in [0.4, 0.5) is 0 Å². The maximum absolute atomic E-state index is 5.63. The molecule has 0 saturated carbocycles. The van der Waals surface area contributed by atoms with E-state index in [0.717, 1.165) is 28.2 Å². The Balaban J connectivity index is 2.15. The Hall–Kier alpha value is -2.40. The number of methoxy groups -OCH3 is 1. The average molecular weight is 254 g/mol. The molecule has 2 aromatic heterocycles. The summed E-state index contributed by atoms with van der Waals surface area (Å²) in [7, 11) is 1.65. The lowest BCUT2D eigenvalue weighted by atomic mass is 10.1. The van der Waals surface area contributed by atoms with Crippen LogP contribution in [-0.4, -0.2) is 21.5 Å². The molecule has 0 unspecified atom stereocenters. The van der Waals surface area contributed by atoms with Gasteiger partial charge in [0, 0.05) is 24.5 Å². The summed E-state index contributed by atoms with van der Waals surface area (Å²) in [6.45, 7) is 0.420. The molecule has 96 valence electrons. The van der Waals surface area contributed by atoms with Gasteiger partial charge in [0.15, 0.2) is 0 Å². The zero-order valence-electron chi connectivity index (χ0n) is 10.6. The minimum Gasteiger partial charge on any atom is -0.497 e. The smallest absolute Gasteiger partial charge is 0.147 e. The first-order chi connectivity index (χ1) is 9.31. The molecule has 0 aliphatic carbocycles. The molecule has 3 rings (SSSR count). The van der Waals surface area contributed by atoms with Crippen LogP contribution in [0.3, 0.4) is 0 Å². The lowest BCUT2D eigenvalue weighted by Crippen LogP contribution is -1.95. The second-order valence-corrected chi connectivity index (χ2v) is 4.20. The van der Waals surface area contributed by atoms with Crippen LogP contribution >= 0.6 is 0 Å². The van der Waals surface area contributed by atoms with Gasteiger partial charge in [-0.1, -0.05) is 12.1 Å². The molecule has 0 saturated heterocycles. The summed E-state index contributed by atoms with van der Waals surface area (Å²) in [6, 6.07) is 7.83. The molecule has 0 fully saturated rings. The molecular weight excluding hydrogens is 240 g/mol. The number of benzene rings is 1. The fourth-order valence-corrected chi connectivity index (χ4v) is 2.04. The zero-order chi connectivity index (χ0) is 13.2. The van der Waals surface area contributed by atoms with Gasteiger partial charge < -0.3 is 10.5 Å². The Morgan fingerprint density at radius 1 is 1.26 bits per heavy atom. The summed E-state index contributed by atoms with van der Waals surface area (Å²) in [5.41, 5.74) is 9.36. The largest absolute Gasteiger partial charge is 0.497 e. The van der Waals surface area contributed by atoms with E-state index in [1.54, 1.807) is 13.4 Å². The number of hydrogen-bond acceptors (Lipinski definition) is 4. The van der Waals surface area contributed by atoms with Crippen molar-refractivity contribution in [2.45, 2.75) is 6.54 Å². The standard InChI is InChI=1S/C14H14N4O/c1-19-12-4-2-10(3-5-12)13-7-16-9-18-8-11(6-15)17-14(13)18/h2-5,7-9H,6,15H2,1H3. The number of aromatic nitrogens is 3. The Morgan fingerprint density at radius 3 is 2.74 bits per heavy atom. The van der Waals surface area contributed by atoms with Crippen LogP contribution < -0.4 is 10.5 Å². The van der Waals surface area contributed by atoms with Crippen molar-refractivity contribution in [3.8, 4) is 16.9 Å². The number of rotatable bonds is 3. The molecule has 3 aromatic rings. The molecule has 0 bridgehead atoms. The Bertz CT molecular complexity index is 703. The Morgan fingerprint density at radius 2 is 2.05 bits per heavy atom. The van der Waals surface area contributed by atoms with E-state index in [-0.39, 0.29) is 0 Å². The van der Waals surface area contributed by atoms with Crippen molar-refractivity contribution in [1.82, 2.24) is 14.4 Å². The summed E-state index contributed by atoms with van der Waals surface area (Å²) >= 11 is 0.